The van der Waals surface area contributed by atoms with E-state index in [4.69, 9.17) is 9.97 Å². The van der Waals surface area contributed by atoms with Gasteiger partial charge in [0.1, 0.15) is 0 Å². The van der Waals surface area contributed by atoms with Crippen LogP contribution in [0, 0.1) is 41.5 Å². The third-order valence-corrected chi connectivity index (χ3v) is 8.28. The minimum absolute atomic E-state index is 0.776. The highest BCUT2D eigenvalue weighted by Crippen LogP contribution is 2.30. The first kappa shape index (κ1) is 37.2. The van der Waals surface area contributed by atoms with Crippen molar-refractivity contribution in [2.45, 2.75) is 55.4 Å². The predicted octanol–water partition coefficient (Wildman–Crippen LogP) is 12.8. The lowest BCUT2D eigenvalue weighted by Gasteiger charge is -2.12. The Kier molecular flexibility index (Phi) is 13.9. The second-order valence-electron chi connectivity index (χ2n) is 12.1. The van der Waals surface area contributed by atoms with Gasteiger partial charge in [0.15, 0.2) is 5.82 Å². The number of aryl methyl sites for hydroxylation is 5. The van der Waals surface area contributed by atoms with E-state index < -0.39 is 0 Å². The largest absolute Gasteiger partial charge is 0.264 e. The van der Waals surface area contributed by atoms with Crippen LogP contribution in [0.15, 0.2) is 152 Å². The Hall–Kier alpha value is -5.67. The number of aromatic nitrogens is 3. The van der Waals surface area contributed by atoms with Gasteiger partial charge in [-0.05, 0) is 104 Å². The van der Waals surface area contributed by atoms with Gasteiger partial charge in [0.25, 0.3) is 0 Å². The highest BCUT2D eigenvalue weighted by molar-refractivity contribution is 5.73. The van der Waals surface area contributed by atoms with Crippen molar-refractivity contribution in [1.82, 2.24) is 15.0 Å². The smallest absolute Gasteiger partial charge is 0.160 e. The molecule has 3 heteroatoms. The van der Waals surface area contributed by atoms with Gasteiger partial charge in [-0.3, -0.25) is 4.98 Å². The average Bonchev–Trinajstić information content (AvgIpc) is 3.15. The van der Waals surface area contributed by atoms with E-state index in [9.17, 15) is 0 Å². The molecule has 0 fully saturated rings. The lowest BCUT2D eigenvalue weighted by molar-refractivity contribution is 1.08. The molecule has 0 bridgehead atoms. The summed E-state index contributed by atoms with van der Waals surface area (Å²) in [5.41, 5.74) is 15.3. The molecule has 50 heavy (non-hydrogen) atoms. The fourth-order valence-electron chi connectivity index (χ4n) is 5.53. The van der Waals surface area contributed by atoms with Crippen molar-refractivity contribution in [1.29, 1.82) is 0 Å². The van der Waals surface area contributed by atoms with Crippen LogP contribution in [-0.2, 0) is 0 Å². The van der Waals surface area contributed by atoms with Crippen LogP contribution in [0.1, 0.15) is 47.4 Å². The van der Waals surface area contributed by atoms with Gasteiger partial charge < -0.3 is 0 Å². The van der Waals surface area contributed by atoms with Crippen molar-refractivity contribution in [3.63, 3.8) is 0 Å². The molecule has 0 saturated carbocycles. The Morgan fingerprint density at radius 2 is 0.960 bits per heavy atom. The maximum atomic E-state index is 4.94. The van der Waals surface area contributed by atoms with E-state index in [1.165, 1.54) is 44.5 Å². The summed E-state index contributed by atoms with van der Waals surface area (Å²) < 4.78 is 0. The number of hydrogen-bond acceptors (Lipinski definition) is 3. The Bertz CT molecular complexity index is 2020. The SMILES string of the molecule is CC.Cc1cc(-c2ccccc2)cc(-c2nc(C)c(C)c(-c3ccccc3)n2)c1.Cc1ccccc1.Cc1ccccc1-c1ccncc1C. The molecule has 0 N–H and O–H groups in total. The highest BCUT2D eigenvalue weighted by atomic mass is 14.9. The van der Waals surface area contributed by atoms with E-state index in [0.717, 1.165) is 33.9 Å². The van der Waals surface area contributed by atoms with Crippen molar-refractivity contribution >= 4 is 0 Å². The van der Waals surface area contributed by atoms with Crippen molar-refractivity contribution in [3.05, 3.63) is 185 Å². The van der Waals surface area contributed by atoms with E-state index in [1.54, 1.807) is 0 Å². The van der Waals surface area contributed by atoms with Gasteiger partial charge in [0, 0.05) is 29.2 Å². The minimum atomic E-state index is 0.776. The quantitative estimate of drug-likeness (QED) is 0.189. The van der Waals surface area contributed by atoms with Crippen molar-refractivity contribution in [2.75, 3.05) is 0 Å². The topological polar surface area (TPSA) is 38.7 Å². The van der Waals surface area contributed by atoms with Crippen molar-refractivity contribution in [2.24, 2.45) is 0 Å². The fourth-order valence-corrected chi connectivity index (χ4v) is 5.53. The van der Waals surface area contributed by atoms with E-state index in [0.29, 0.717) is 0 Å². The molecule has 0 aliphatic heterocycles. The molecule has 0 spiro atoms. The monoisotopic (exact) mass is 655 g/mol. The third-order valence-electron chi connectivity index (χ3n) is 8.28. The van der Waals surface area contributed by atoms with E-state index in [-0.39, 0.29) is 0 Å². The number of hydrogen-bond donors (Lipinski definition) is 0. The molecule has 0 saturated heterocycles. The lowest BCUT2D eigenvalue weighted by Crippen LogP contribution is -2.00. The second kappa shape index (κ2) is 18.8. The molecule has 2 heterocycles. The van der Waals surface area contributed by atoms with Crippen LogP contribution in [0.3, 0.4) is 0 Å². The Morgan fingerprint density at radius 1 is 0.420 bits per heavy atom. The van der Waals surface area contributed by atoms with Crippen LogP contribution < -0.4 is 0 Å². The average molecular weight is 656 g/mol. The summed E-state index contributed by atoms with van der Waals surface area (Å²) in [6.07, 6.45) is 3.75. The Labute approximate surface area is 299 Å². The molecule has 5 aromatic carbocycles. The summed E-state index contributed by atoms with van der Waals surface area (Å²) in [5.74, 6) is 0.776. The number of nitrogens with zero attached hydrogens (tertiary/aromatic N) is 3. The summed E-state index contributed by atoms with van der Waals surface area (Å²) in [5, 5.41) is 0. The third kappa shape index (κ3) is 10.2. The summed E-state index contributed by atoms with van der Waals surface area (Å²) in [6.45, 7) is 16.6. The molecule has 7 aromatic rings. The van der Waals surface area contributed by atoms with Gasteiger partial charge in [-0.1, -0.05) is 141 Å². The van der Waals surface area contributed by atoms with Crippen LogP contribution in [0.4, 0.5) is 0 Å². The molecule has 0 aliphatic carbocycles. The first-order valence-electron chi connectivity index (χ1n) is 17.4. The molecule has 0 unspecified atom stereocenters. The molecule has 3 nitrogen and oxygen atoms in total. The summed E-state index contributed by atoms with van der Waals surface area (Å²) in [6, 6.07) is 48.1. The number of pyridine rings is 1. The molecule has 2 aromatic heterocycles. The van der Waals surface area contributed by atoms with Crippen molar-refractivity contribution in [3.8, 4) is 44.9 Å². The Morgan fingerprint density at radius 3 is 1.54 bits per heavy atom. The first-order valence-corrected chi connectivity index (χ1v) is 17.4. The zero-order chi connectivity index (χ0) is 35.9. The predicted molar refractivity (Wildman–Crippen MR) is 214 cm³/mol. The van der Waals surface area contributed by atoms with Crippen LogP contribution in [0.5, 0.6) is 0 Å². The normalized spacial score (nSPS) is 10.0. The molecule has 0 aliphatic rings. The van der Waals surface area contributed by atoms with Crippen LogP contribution in [0.2, 0.25) is 0 Å². The fraction of sp³-hybridized carbons (Fsp3) is 0.170. The molecule has 7 rings (SSSR count). The zero-order valence-electron chi connectivity index (χ0n) is 30.8. The molecule has 0 amide bonds. The molecule has 0 radical (unpaired) electrons. The van der Waals surface area contributed by atoms with Gasteiger partial charge in [-0.2, -0.15) is 0 Å². The maximum Gasteiger partial charge on any atom is 0.160 e. The van der Waals surface area contributed by atoms with Gasteiger partial charge in [0.2, 0.25) is 0 Å². The molecule has 252 valence electrons. The maximum absolute atomic E-state index is 4.94. The second-order valence-corrected chi connectivity index (χ2v) is 12.1. The molecular weight excluding hydrogens is 607 g/mol. The minimum Gasteiger partial charge on any atom is -0.264 e. The zero-order valence-corrected chi connectivity index (χ0v) is 30.8. The van der Waals surface area contributed by atoms with Crippen LogP contribution in [-0.4, -0.2) is 15.0 Å². The molecule has 0 atom stereocenters. The van der Waals surface area contributed by atoms with E-state index in [1.807, 2.05) is 68.7 Å². The van der Waals surface area contributed by atoms with Gasteiger partial charge in [0.05, 0.1) is 5.69 Å². The van der Waals surface area contributed by atoms with Gasteiger partial charge in [-0.15, -0.1) is 0 Å². The lowest BCUT2D eigenvalue weighted by atomic mass is 9.98. The summed E-state index contributed by atoms with van der Waals surface area (Å²) in [4.78, 5) is 13.8. The summed E-state index contributed by atoms with van der Waals surface area (Å²) in [7, 11) is 0. The van der Waals surface area contributed by atoms with Gasteiger partial charge >= 0.3 is 0 Å². The van der Waals surface area contributed by atoms with Crippen LogP contribution >= 0.6 is 0 Å². The standard InChI is InChI=1S/C25H22N2.C13H13N.C7H8.C2H6/c1-17-14-22(20-10-6-4-7-11-20)16-23(15-17)25-26-19(3)18(2)24(27-25)21-12-8-5-9-13-21;1-10-5-3-4-6-12(10)13-7-8-14-9-11(13)2;1-7-5-3-2-4-6-7;1-2/h4-16H,1-3H3;3-9H,1-2H3;2-6H,1H3;1-2H3. The van der Waals surface area contributed by atoms with Crippen molar-refractivity contribution < 1.29 is 0 Å². The number of benzene rings is 5. The summed E-state index contributed by atoms with van der Waals surface area (Å²) >= 11 is 0. The molecular formula is C47H49N3. The van der Waals surface area contributed by atoms with Crippen LogP contribution in [0.25, 0.3) is 44.9 Å². The highest BCUT2D eigenvalue weighted by Gasteiger charge is 2.13. The van der Waals surface area contributed by atoms with E-state index in [2.05, 4.69) is 144 Å². The van der Waals surface area contributed by atoms with Gasteiger partial charge in [-0.25, -0.2) is 9.97 Å². The van der Waals surface area contributed by atoms with E-state index >= 15 is 0 Å². The number of rotatable bonds is 4. The first-order chi connectivity index (χ1) is 24.3. The Balaban J connectivity index is 0.000000202.